The van der Waals surface area contributed by atoms with Crippen molar-refractivity contribution in [2.45, 2.75) is 20.0 Å². The minimum atomic E-state index is -0.914. The predicted octanol–water partition coefficient (Wildman–Crippen LogP) is 5.65. The Morgan fingerprint density at radius 2 is 1.62 bits per heavy atom. The van der Waals surface area contributed by atoms with Crippen LogP contribution in [-0.4, -0.2) is 30.0 Å². The van der Waals surface area contributed by atoms with Gasteiger partial charge in [0.2, 0.25) is 5.78 Å². The Hall–Kier alpha value is -3.99. The molecule has 3 aromatic carbocycles. The number of hydrogen-bond acceptors (Lipinski definition) is 5. The molecule has 160 valence electrons. The first-order chi connectivity index (χ1) is 15.5. The average Bonchev–Trinajstić information content (AvgIpc) is 2.83. The third kappa shape index (κ3) is 4.37. The number of ketones is 1. The van der Waals surface area contributed by atoms with Crippen molar-refractivity contribution in [3.63, 3.8) is 0 Å². The Morgan fingerprint density at radius 1 is 0.906 bits per heavy atom. The summed E-state index contributed by atoms with van der Waals surface area (Å²) in [6.45, 7) is 3.54. The molecule has 0 bridgehead atoms. The number of pyridine rings is 1. The zero-order valence-electron chi connectivity index (χ0n) is 18.2. The molecular formula is C27H23NO4. The number of rotatable bonds is 6. The summed E-state index contributed by atoms with van der Waals surface area (Å²) in [6.07, 6.45) is -0.914. The van der Waals surface area contributed by atoms with E-state index in [-0.39, 0.29) is 5.78 Å². The molecule has 0 aliphatic rings. The molecule has 0 saturated carbocycles. The lowest BCUT2D eigenvalue weighted by atomic mass is 10.0. The zero-order chi connectivity index (χ0) is 22.7. The number of ether oxygens (including phenoxy) is 2. The lowest BCUT2D eigenvalue weighted by molar-refractivity contribution is 0.0320. The molecule has 0 spiro atoms. The summed E-state index contributed by atoms with van der Waals surface area (Å²) in [5.74, 6) is -0.0727. The van der Waals surface area contributed by atoms with Gasteiger partial charge in [-0.05, 0) is 56.3 Å². The average molecular weight is 425 g/mol. The van der Waals surface area contributed by atoms with Gasteiger partial charge in [-0.3, -0.25) is 4.79 Å². The molecule has 5 nitrogen and oxygen atoms in total. The number of carbonyl (C=O) groups is 2. The van der Waals surface area contributed by atoms with Gasteiger partial charge in [0.15, 0.2) is 6.10 Å². The number of hydrogen-bond donors (Lipinski definition) is 0. The van der Waals surface area contributed by atoms with E-state index in [0.29, 0.717) is 27.7 Å². The SMILES string of the molecule is COc1ccc(-c2cc(C(=O)O[C@H](C)C(=O)c3ccccc3)c3cc(C)ccc3n2)cc1. The molecule has 1 atom stereocenters. The molecule has 32 heavy (non-hydrogen) atoms. The Kier molecular flexibility index (Phi) is 5.99. The van der Waals surface area contributed by atoms with Crippen LogP contribution in [0.5, 0.6) is 5.75 Å². The summed E-state index contributed by atoms with van der Waals surface area (Å²) in [7, 11) is 1.61. The van der Waals surface area contributed by atoms with E-state index in [9.17, 15) is 9.59 Å². The van der Waals surface area contributed by atoms with Crippen molar-refractivity contribution in [2.24, 2.45) is 0 Å². The number of aromatic nitrogens is 1. The topological polar surface area (TPSA) is 65.5 Å². The highest BCUT2D eigenvalue weighted by atomic mass is 16.5. The van der Waals surface area contributed by atoms with Crippen LogP contribution in [0.2, 0.25) is 0 Å². The van der Waals surface area contributed by atoms with Crippen LogP contribution in [0.1, 0.15) is 33.2 Å². The molecule has 0 N–H and O–H groups in total. The van der Waals surface area contributed by atoms with Crippen LogP contribution < -0.4 is 4.74 Å². The van der Waals surface area contributed by atoms with E-state index in [1.54, 1.807) is 44.4 Å². The van der Waals surface area contributed by atoms with Crippen LogP contribution in [0.4, 0.5) is 0 Å². The van der Waals surface area contributed by atoms with Crippen LogP contribution in [0.25, 0.3) is 22.2 Å². The number of Topliss-reactive ketones (excluding diaryl/α,β-unsaturated/α-hetero) is 1. The van der Waals surface area contributed by atoms with E-state index in [2.05, 4.69) is 0 Å². The van der Waals surface area contributed by atoms with E-state index in [4.69, 9.17) is 14.5 Å². The third-order valence-electron chi connectivity index (χ3n) is 5.28. The number of methoxy groups -OCH3 is 1. The summed E-state index contributed by atoms with van der Waals surface area (Å²) in [6, 6.07) is 23.7. The predicted molar refractivity (Wildman–Crippen MR) is 124 cm³/mol. The molecule has 4 rings (SSSR count). The summed E-state index contributed by atoms with van der Waals surface area (Å²) in [5, 5.41) is 0.687. The minimum Gasteiger partial charge on any atom is -0.497 e. The lowest BCUT2D eigenvalue weighted by Crippen LogP contribution is -2.24. The molecule has 4 aromatic rings. The van der Waals surface area contributed by atoms with Crippen LogP contribution in [0, 0.1) is 6.92 Å². The van der Waals surface area contributed by atoms with Crippen molar-refractivity contribution in [2.75, 3.05) is 7.11 Å². The summed E-state index contributed by atoms with van der Waals surface area (Å²) in [5.41, 5.74) is 4.03. The molecule has 0 aliphatic carbocycles. The van der Waals surface area contributed by atoms with Gasteiger partial charge in [0.05, 0.1) is 23.9 Å². The fourth-order valence-electron chi connectivity index (χ4n) is 3.53. The van der Waals surface area contributed by atoms with Gasteiger partial charge in [-0.15, -0.1) is 0 Å². The smallest absolute Gasteiger partial charge is 0.339 e. The quantitative estimate of drug-likeness (QED) is 0.295. The van der Waals surface area contributed by atoms with Crippen LogP contribution >= 0.6 is 0 Å². The van der Waals surface area contributed by atoms with Crippen LogP contribution in [0.3, 0.4) is 0 Å². The van der Waals surface area contributed by atoms with E-state index >= 15 is 0 Å². The Bertz CT molecular complexity index is 1280. The van der Waals surface area contributed by atoms with E-state index in [1.807, 2.05) is 55.5 Å². The van der Waals surface area contributed by atoms with Crippen molar-refractivity contribution in [1.82, 2.24) is 4.98 Å². The number of nitrogens with zero attached hydrogens (tertiary/aromatic N) is 1. The molecule has 0 saturated heterocycles. The van der Waals surface area contributed by atoms with Gasteiger partial charge in [0, 0.05) is 16.5 Å². The van der Waals surface area contributed by atoms with E-state index in [0.717, 1.165) is 16.9 Å². The van der Waals surface area contributed by atoms with Crippen molar-refractivity contribution >= 4 is 22.7 Å². The fourth-order valence-corrected chi connectivity index (χ4v) is 3.53. The molecule has 0 unspecified atom stereocenters. The van der Waals surface area contributed by atoms with E-state index in [1.165, 1.54) is 0 Å². The van der Waals surface area contributed by atoms with Gasteiger partial charge >= 0.3 is 5.97 Å². The maximum absolute atomic E-state index is 13.2. The van der Waals surface area contributed by atoms with Gasteiger partial charge in [0.1, 0.15) is 5.75 Å². The van der Waals surface area contributed by atoms with Crippen LogP contribution in [0.15, 0.2) is 78.9 Å². The first-order valence-electron chi connectivity index (χ1n) is 10.3. The van der Waals surface area contributed by atoms with Crippen molar-refractivity contribution < 1.29 is 19.1 Å². The molecule has 1 heterocycles. The number of esters is 1. The van der Waals surface area contributed by atoms with Gasteiger partial charge in [0.25, 0.3) is 0 Å². The number of aryl methyl sites for hydroxylation is 1. The van der Waals surface area contributed by atoms with Crippen molar-refractivity contribution in [1.29, 1.82) is 0 Å². The minimum absolute atomic E-state index is 0.246. The monoisotopic (exact) mass is 425 g/mol. The maximum atomic E-state index is 13.2. The van der Waals surface area contributed by atoms with Gasteiger partial charge < -0.3 is 9.47 Å². The Morgan fingerprint density at radius 3 is 2.31 bits per heavy atom. The second-order valence-corrected chi connectivity index (χ2v) is 7.58. The lowest BCUT2D eigenvalue weighted by Gasteiger charge is -2.15. The van der Waals surface area contributed by atoms with Crippen molar-refractivity contribution in [3.05, 3.63) is 95.6 Å². The first kappa shape index (κ1) is 21.2. The summed E-state index contributed by atoms with van der Waals surface area (Å²) in [4.78, 5) is 30.6. The first-order valence-corrected chi connectivity index (χ1v) is 10.3. The largest absolute Gasteiger partial charge is 0.497 e. The molecule has 0 amide bonds. The number of carbonyl (C=O) groups excluding carboxylic acids is 2. The Labute approximate surface area is 186 Å². The number of benzene rings is 3. The molecule has 0 fully saturated rings. The van der Waals surface area contributed by atoms with Crippen LogP contribution in [-0.2, 0) is 4.74 Å². The van der Waals surface area contributed by atoms with Gasteiger partial charge in [-0.25, -0.2) is 9.78 Å². The van der Waals surface area contributed by atoms with Gasteiger partial charge in [-0.1, -0.05) is 42.0 Å². The number of fused-ring (bicyclic) bond motifs is 1. The third-order valence-corrected chi connectivity index (χ3v) is 5.28. The highest BCUT2D eigenvalue weighted by Gasteiger charge is 2.22. The highest BCUT2D eigenvalue weighted by molar-refractivity contribution is 6.07. The normalized spacial score (nSPS) is 11.7. The summed E-state index contributed by atoms with van der Waals surface area (Å²) < 4.78 is 10.8. The maximum Gasteiger partial charge on any atom is 0.339 e. The molecular weight excluding hydrogens is 402 g/mol. The van der Waals surface area contributed by atoms with Gasteiger partial charge in [-0.2, -0.15) is 0 Å². The summed E-state index contributed by atoms with van der Waals surface area (Å²) >= 11 is 0. The molecule has 1 aromatic heterocycles. The van der Waals surface area contributed by atoms with E-state index < -0.39 is 12.1 Å². The molecule has 0 radical (unpaired) electrons. The van der Waals surface area contributed by atoms with Crippen molar-refractivity contribution in [3.8, 4) is 17.0 Å². The zero-order valence-corrected chi connectivity index (χ0v) is 18.2. The second-order valence-electron chi connectivity index (χ2n) is 7.58. The molecule has 5 heteroatoms. The highest BCUT2D eigenvalue weighted by Crippen LogP contribution is 2.28. The molecule has 0 aliphatic heterocycles. The standard InChI is InChI=1S/C27H23NO4/c1-17-9-14-24-22(15-17)23(16-25(28-24)19-10-12-21(31-3)13-11-19)27(30)32-18(2)26(29)20-7-5-4-6-8-20/h4-16,18H,1-3H3/t18-/m1/s1. The fraction of sp³-hybridized carbons (Fsp3) is 0.148. The second kappa shape index (κ2) is 9.02. The Balaban J connectivity index is 1.71.